The van der Waals surface area contributed by atoms with Gasteiger partial charge in [0.1, 0.15) is 17.4 Å². The highest BCUT2D eigenvalue weighted by Gasteiger charge is 2.44. The van der Waals surface area contributed by atoms with E-state index in [0.717, 1.165) is 25.9 Å². The summed E-state index contributed by atoms with van der Waals surface area (Å²) in [6.45, 7) is 4.61. The molecule has 6 rings (SSSR count). The average Bonchev–Trinajstić information content (AvgIpc) is 3.25. The van der Waals surface area contributed by atoms with E-state index in [1.54, 1.807) is 33.8 Å². The van der Waals surface area contributed by atoms with Crippen LogP contribution >= 0.6 is 0 Å². The predicted molar refractivity (Wildman–Crippen MR) is 128 cm³/mol. The van der Waals surface area contributed by atoms with E-state index in [4.69, 9.17) is 9.47 Å². The fraction of sp³-hybridized carbons (Fsp3) is 0.522. The molecule has 0 aromatic carbocycles. The number of halogens is 1. The lowest BCUT2D eigenvalue weighted by atomic mass is 10.1. The molecule has 3 aromatic rings. The van der Waals surface area contributed by atoms with Gasteiger partial charge >= 0.3 is 6.09 Å². The molecule has 37 heavy (non-hydrogen) atoms. The third-order valence-corrected chi connectivity index (χ3v) is 6.90. The molecular weight excluding hydrogens is 485 g/mol. The van der Waals surface area contributed by atoms with Crippen molar-refractivity contribution in [1.29, 1.82) is 0 Å². The van der Waals surface area contributed by atoms with Crippen LogP contribution in [0.2, 0.25) is 0 Å². The Kier molecular flexibility index (Phi) is 5.91. The quantitative estimate of drug-likeness (QED) is 0.382. The van der Waals surface area contributed by atoms with Gasteiger partial charge in [-0.25, -0.2) is 19.2 Å². The van der Waals surface area contributed by atoms with Crippen LogP contribution in [0.25, 0.3) is 5.65 Å². The lowest BCUT2D eigenvalue weighted by Crippen LogP contribution is -2.46. The second-order valence-electron chi connectivity index (χ2n) is 9.83. The van der Waals surface area contributed by atoms with Crippen molar-refractivity contribution in [2.24, 2.45) is 0 Å². The smallest absolute Gasteiger partial charge is 0.408 e. The Morgan fingerprint density at radius 1 is 1.30 bits per heavy atom. The van der Waals surface area contributed by atoms with Crippen LogP contribution in [-0.2, 0) is 9.47 Å². The number of alkyl carbamates (subject to hydrolysis) is 1. The van der Waals surface area contributed by atoms with Crippen LogP contribution in [0.4, 0.5) is 21.0 Å². The maximum Gasteiger partial charge on any atom is 0.408 e. The van der Waals surface area contributed by atoms with E-state index in [1.807, 2.05) is 6.92 Å². The van der Waals surface area contributed by atoms with Gasteiger partial charge in [-0.1, -0.05) is 0 Å². The summed E-state index contributed by atoms with van der Waals surface area (Å²) in [5.74, 6) is 0.624. The molecule has 0 unspecified atom stereocenters. The summed E-state index contributed by atoms with van der Waals surface area (Å²) >= 11 is 0. The maximum absolute atomic E-state index is 15.1. The van der Waals surface area contributed by atoms with Crippen LogP contribution in [0.15, 0.2) is 24.5 Å². The van der Waals surface area contributed by atoms with Crippen molar-refractivity contribution in [2.75, 3.05) is 38.1 Å². The normalized spacial score (nSPS) is 24.7. The molecule has 3 aliphatic rings. The first kappa shape index (κ1) is 23.6. The van der Waals surface area contributed by atoms with E-state index < -0.39 is 24.5 Å². The number of aromatic nitrogens is 5. The predicted octanol–water partition coefficient (Wildman–Crippen LogP) is 1.30. The van der Waals surface area contributed by atoms with Crippen LogP contribution in [0.3, 0.4) is 0 Å². The molecule has 5 heterocycles. The monoisotopic (exact) mass is 513 g/mol. The standard InChI is InChI=1S/C23H28FN9O4/c1-23(3-4-23)29-22(35)37-15-12-36-19(18(15)24)13-10-16(31-30-13)28-21-26-5-2-17-27-14(11-33(17)21)20(34)32-8-6-25-7-9-32/h2,5,10-11,15,18-19,25H,3-4,6-9,12H2,1H3,(H,29,35)(H2,26,28,30,31)/t15-,18-,19-/m0/s1. The number of H-pyrrole nitrogens is 1. The SMILES string of the molecule is CC1(NC(=O)O[C@H]2CO[C@@H](c3cc(Nc4nccc5nc(C(=O)N6CCNCC6)cn45)n[nH]3)[C@H]2F)CC1. The molecule has 3 atom stereocenters. The van der Waals surface area contributed by atoms with Crippen LogP contribution in [-0.4, -0.2) is 92.1 Å². The van der Waals surface area contributed by atoms with Gasteiger partial charge in [-0.05, 0) is 25.8 Å². The minimum atomic E-state index is -1.56. The van der Waals surface area contributed by atoms with E-state index in [2.05, 4.69) is 36.1 Å². The Balaban J connectivity index is 1.13. The number of ether oxygens (including phenoxy) is 2. The zero-order valence-electron chi connectivity index (χ0n) is 20.2. The Morgan fingerprint density at radius 3 is 2.89 bits per heavy atom. The number of amides is 2. The number of anilines is 2. The summed E-state index contributed by atoms with van der Waals surface area (Å²) in [4.78, 5) is 35.5. The molecule has 4 N–H and O–H groups in total. The van der Waals surface area contributed by atoms with E-state index in [9.17, 15) is 9.59 Å². The molecule has 2 aliphatic heterocycles. The summed E-state index contributed by atoms with van der Waals surface area (Å²) in [5, 5.41) is 16.0. The summed E-state index contributed by atoms with van der Waals surface area (Å²) in [7, 11) is 0. The molecule has 3 aromatic heterocycles. The van der Waals surface area contributed by atoms with Gasteiger partial charge in [-0.3, -0.25) is 14.3 Å². The van der Waals surface area contributed by atoms with Crippen LogP contribution < -0.4 is 16.0 Å². The molecule has 13 nitrogen and oxygen atoms in total. The maximum atomic E-state index is 15.1. The Bertz CT molecular complexity index is 1320. The third-order valence-electron chi connectivity index (χ3n) is 6.90. The number of imidazole rings is 1. The number of hydrogen-bond donors (Lipinski definition) is 4. The second-order valence-corrected chi connectivity index (χ2v) is 9.83. The number of carbonyl (C=O) groups excluding carboxylic acids is 2. The number of piperazine rings is 1. The summed E-state index contributed by atoms with van der Waals surface area (Å²) in [6.07, 6.45) is 0.796. The Hall–Kier alpha value is -3.78. The fourth-order valence-corrected chi connectivity index (χ4v) is 4.47. The van der Waals surface area contributed by atoms with Crippen LogP contribution in [0.5, 0.6) is 0 Å². The molecule has 0 radical (unpaired) electrons. The van der Waals surface area contributed by atoms with Crippen molar-refractivity contribution in [3.63, 3.8) is 0 Å². The van der Waals surface area contributed by atoms with E-state index in [0.29, 0.717) is 41.9 Å². The number of fused-ring (bicyclic) bond motifs is 1. The zero-order valence-corrected chi connectivity index (χ0v) is 20.2. The van der Waals surface area contributed by atoms with Crippen molar-refractivity contribution in [3.05, 3.63) is 35.9 Å². The first-order chi connectivity index (χ1) is 17.9. The highest BCUT2D eigenvalue weighted by atomic mass is 19.1. The van der Waals surface area contributed by atoms with Crippen molar-refractivity contribution in [1.82, 2.24) is 40.1 Å². The van der Waals surface area contributed by atoms with E-state index >= 15 is 4.39 Å². The fourth-order valence-electron chi connectivity index (χ4n) is 4.47. The van der Waals surface area contributed by atoms with Gasteiger partial charge in [0.15, 0.2) is 18.1 Å². The summed E-state index contributed by atoms with van der Waals surface area (Å²) in [5.41, 5.74) is 1.01. The zero-order chi connectivity index (χ0) is 25.6. The number of nitrogens with zero attached hydrogens (tertiary/aromatic N) is 5. The first-order valence-corrected chi connectivity index (χ1v) is 12.3. The highest BCUT2D eigenvalue weighted by Crippen LogP contribution is 2.36. The Morgan fingerprint density at radius 2 is 2.11 bits per heavy atom. The molecular formula is C23H28FN9O4. The van der Waals surface area contributed by atoms with Gasteiger partial charge < -0.3 is 30.3 Å². The number of rotatable bonds is 6. The lowest BCUT2D eigenvalue weighted by Gasteiger charge is -2.26. The van der Waals surface area contributed by atoms with Crippen LogP contribution in [0, 0.1) is 0 Å². The first-order valence-electron chi connectivity index (χ1n) is 12.3. The number of nitrogens with one attached hydrogen (secondary N) is 4. The van der Waals surface area contributed by atoms with Crippen molar-refractivity contribution in [3.8, 4) is 0 Å². The molecule has 2 saturated heterocycles. The summed E-state index contributed by atoms with van der Waals surface area (Å²) < 4.78 is 27.6. The van der Waals surface area contributed by atoms with E-state index in [-0.39, 0.29) is 18.1 Å². The molecule has 14 heteroatoms. The number of carbonyl (C=O) groups is 2. The van der Waals surface area contributed by atoms with Gasteiger partial charge in [-0.2, -0.15) is 5.10 Å². The van der Waals surface area contributed by atoms with Gasteiger partial charge in [0.05, 0.1) is 12.3 Å². The second kappa shape index (κ2) is 9.27. The van der Waals surface area contributed by atoms with Gasteiger partial charge in [0.25, 0.3) is 5.91 Å². The topological polar surface area (TPSA) is 151 Å². The number of alkyl halides is 1. The Labute approximate surface area is 211 Å². The average molecular weight is 514 g/mol. The molecule has 3 fully saturated rings. The van der Waals surface area contributed by atoms with Gasteiger partial charge in [0.2, 0.25) is 5.95 Å². The van der Waals surface area contributed by atoms with Crippen molar-refractivity contribution >= 4 is 29.4 Å². The minimum Gasteiger partial charge on any atom is -0.441 e. The van der Waals surface area contributed by atoms with Crippen molar-refractivity contribution in [2.45, 2.75) is 43.7 Å². The van der Waals surface area contributed by atoms with Gasteiger partial charge in [-0.15, -0.1) is 0 Å². The third kappa shape index (κ3) is 4.81. The molecule has 0 spiro atoms. The van der Waals surface area contributed by atoms with Crippen molar-refractivity contribution < 1.29 is 23.5 Å². The highest BCUT2D eigenvalue weighted by molar-refractivity contribution is 5.93. The molecule has 1 aliphatic carbocycles. The largest absolute Gasteiger partial charge is 0.441 e. The number of hydrogen-bond acceptors (Lipinski definition) is 9. The number of aromatic amines is 1. The van der Waals surface area contributed by atoms with Crippen LogP contribution in [0.1, 0.15) is 42.1 Å². The minimum absolute atomic E-state index is 0.0580. The van der Waals surface area contributed by atoms with E-state index in [1.165, 1.54) is 0 Å². The molecule has 1 saturated carbocycles. The lowest BCUT2D eigenvalue weighted by molar-refractivity contribution is 0.0604. The molecule has 196 valence electrons. The molecule has 2 amide bonds. The molecule has 0 bridgehead atoms. The van der Waals surface area contributed by atoms with Gasteiger partial charge in [0, 0.05) is 50.2 Å². The summed E-state index contributed by atoms with van der Waals surface area (Å²) in [6, 6.07) is 3.31.